The summed E-state index contributed by atoms with van der Waals surface area (Å²) in [7, 11) is 0. The Morgan fingerprint density at radius 2 is 2.18 bits per heavy atom. The van der Waals surface area contributed by atoms with E-state index in [0.717, 1.165) is 23.1 Å². The number of imidazole rings is 1. The smallest absolute Gasteiger partial charge is 0.312 e. The fraction of sp³-hybridized carbons (Fsp3) is 0.520. The summed E-state index contributed by atoms with van der Waals surface area (Å²) in [4.78, 5) is 27.3. The molecule has 0 unspecified atom stereocenters. The molecule has 3 saturated carbocycles. The van der Waals surface area contributed by atoms with Crippen LogP contribution in [-0.4, -0.2) is 38.4 Å². The number of thioether (sulfide) groups is 1. The van der Waals surface area contributed by atoms with E-state index < -0.39 is 0 Å². The SMILES string of the molecule is CCOC(=O)[C@]12C[C@@H]1[C@H](n1cnc3c(NCc4cccc(Cl)c4)nc(SC)nc31)[C@H]1[C@@H]2C1(C)C. The number of anilines is 1. The molecule has 3 fully saturated rings. The van der Waals surface area contributed by atoms with Gasteiger partial charge in [0, 0.05) is 17.6 Å². The van der Waals surface area contributed by atoms with Crippen molar-refractivity contribution < 1.29 is 9.53 Å². The summed E-state index contributed by atoms with van der Waals surface area (Å²) in [5.41, 5.74) is 2.41. The van der Waals surface area contributed by atoms with Gasteiger partial charge in [0.15, 0.2) is 22.1 Å². The third-order valence-electron chi connectivity index (χ3n) is 8.21. The highest BCUT2D eigenvalue weighted by Crippen LogP contribution is 2.88. The molecule has 0 aliphatic heterocycles. The predicted octanol–water partition coefficient (Wildman–Crippen LogP) is 5.21. The van der Waals surface area contributed by atoms with Crippen molar-refractivity contribution in [2.24, 2.45) is 28.6 Å². The molecule has 2 aromatic heterocycles. The van der Waals surface area contributed by atoms with Crippen molar-refractivity contribution >= 4 is 46.3 Å². The zero-order valence-corrected chi connectivity index (χ0v) is 21.3. The van der Waals surface area contributed by atoms with Crippen LogP contribution < -0.4 is 5.32 Å². The van der Waals surface area contributed by atoms with Gasteiger partial charge in [0.25, 0.3) is 0 Å². The molecule has 0 saturated heterocycles. The van der Waals surface area contributed by atoms with E-state index in [-0.39, 0.29) is 28.8 Å². The maximum absolute atomic E-state index is 13.0. The molecule has 3 aromatic rings. The number of fused-ring (bicyclic) bond motifs is 4. The molecule has 7 nitrogen and oxygen atoms in total. The molecule has 0 bridgehead atoms. The van der Waals surface area contributed by atoms with Crippen LogP contribution in [0.1, 0.15) is 38.8 Å². The third-order valence-corrected chi connectivity index (χ3v) is 9.00. The topological polar surface area (TPSA) is 81.9 Å². The summed E-state index contributed by atoms with van der Waals surface area (Å²) in [5, 5.41) is 4.84. The average Bonchev–Trinajstić information content (AvgIpc) is 3.55. The number of aromatic nitrogens is 4. The lowest BCUT2D eigenvalue weighted by molar-refractivity contribution is -0.151. The molecule has 3 aliphatic carbocycles. The van der Waals surface area contributed by atoms with Crippen LogP contribution in [0.15, 0.2) is 35.7 Å². The van der Waals surface area contributed by atoms with Crippen molar-refractivity contribution in [3.8, 4) is 0 Å². The van der Waals surface area contributed by atoms with Crippen molar-refractivity contribution in [1.82, 2.24) is 19.5 Å². The van der Waals surface area contributed by atoms with Gasteiger partial charge in [0.05, 0.1) is 18.3 Å². The highest BCUT2D eigenvalue weighted by Gasteiger charge is 2.88. The Kier molecular flexibility index (Phi) is 4.95. The highest BCUT2D eigenvalue weighted by atomic mass is 35.5. The monoisotopic (exact) mass is 497 g/mol. The second kappa shape index (κ2) is 7.59. The minimum Gasteiger partial charge on any atom is -0.466 e. The molecule has 1 aromatic carbocycles. The maximum Gasteiger partial charge on any atom is 0.312 e. The number of carbonyl (C=O) groups excluding carboxylic acids is 1. The lowest BCUT2D eigenvalue weighted by Crippen LogP contribution is -2.26. The van der Waals surface area contributed by atoms with Crippen molar-refractivity contribution in [2.45, 2.75) is 44.9 Å². The minimum absolute atomic E-state index is 0.0178. The summed E-state index contributed by atoms with van der Waals surface area (Å²) in [6.45, 7) is 7.46. The number of ether oxygens (including phenoxy) is 1. The first-order chi connectivity index (χ1) is 16.3. The molecule has 5 atom stereocenters. The summed E-state index contributed by atoms with van der Waals surface area (Å²) in [5.74, 6) is 1.75. The van der Waals surface area contributed by atoms with Gasteiger partial charge in [-0.3, -0.25) is 4.79 Å². The van der Waals surface area contributed by atoms with Gasteiger partial charge < -0.3 is 14.6 Å². The van der Waals surface area contributed by atoms with Gasteiger partial charge >= 0.3 is 5.97 Å². The number of nitrogens with zero attached hydrogens (tertiary/aromatic N) is 4. The van der Waals surface area contributed by atoms with Crippen LogP contribution >= 0.6 is 23.4 Å². The van der Waals surface area contributed by atoms with E-state index in [9.17, 15) is 4.79 Å². The van der Waals surface area contributed by atoms with E-state index in [1.54, 1.807) is 0 Å². The number of esters is 1. The Morgan fingerprint density at radius 3 is 2.91 bits per heavy atom. The number of halogens is 1. The standard InChI is InChI=1S/C25H28ClN5O2S/c1-5-33-22(32)25-10-15(25)18(16-19(25)24(16,2)3)31-12-28-17-20(29-23(34-4)30-21(17)31)27-11-13-7-6-8-14(26)9-13/h6-9,12,15-16,18-19H,5,10-11H2,1-4H3,(H,27,29,30)/t15-,16+,18+,19-,25-/m1/s1. The van der Waals surface area contributed by atoms with Crippen LogP contribution in [0.4, 0.5) is 5.82 Å². The van der Waals surface area contributed by atoms with Gasteiger partial charge in [0.1, 0.15) is 0 Å². The maximum atomic E-state index is 13.0. The van der Waals surface area contributed by atoms with Crippen LogP contribution in [0.5, 0.6) is 0 Å². The molecule has 1 N–H and O–H groups in total. The molecular formula is C25H28ClN5O2S. The van der Waals surface area contributed by atoms with E-state index >= 15 is 0 Å². The number of hydrogen-bond acceptors (Lipinski definition) is 7. The molecule has 178 valence electrons. The quantitative estimate of drug-likeness (QED) is 0.272. The van der Waals surface area contributed by atoms with E-state index in [2.05, 4.69) is 23.7 Å². The van der Waals surface area contributed by atoms with E-state index in [4.69, 9.17) is 31.3 Å². The molecule has 6 rings (SSSR count). The molecule has 0 spiro atoms. The zero-order chi connectivity index (χ0) is 23.8. The summed E-state index contributed by atoms with van der Waals surface area (Å²) >= 11 is 7.66. The largest absolute Gasteiger partial charge is 0.466 e. The average molecular weight is 498 g/mol. The first-order valence-corrected chi connectivity index (χ1v) is 13.4. The summed E-state index contributed by atoms with van der Waals surface area (Å²) in [6, 6.07) is 7.97. The van der Waals surface area contributed by atoms with Gasteiger partial charge in [-0.25, -0.2) is 15.0 Å². The normalized spacial score (nSPS) is 30.0. The number of benzene rings is 1. The number of carbonyl (C=O) groups is 1. The van der Waals surface area contributed by atoms with Crippen molar-refractivity contribution in [3.63, 3.8) is 0 Å². The molecular weight excluding hydrogens is 470 g/mol. The summed E-state index contributed by atoms with van der Waals surface area (Å²) < 4.78 is 7.75. The number of rotatable bonds is 7. The van der Waals surface area contributed by atoms with Crippen molar-refractivity contribution in [3.05, 3.63) is 41.2 Å². The highest BCUT2D eigenvalue weighted by molar-refractivity contribution is 7.98. The fourth-order valence-electron chi connectivity index (χ4n) is 6.79. The first-order valence-electron chi connectivity index (χ1n) is 11.8. The van der Waals surface area contributed by atoms with E-state index in [0.29, 0.717) is 41.0 Å². The summed E-state index contributed by atoms with van der Waals surface area (Å²) in [6.07, 6.45) is 4.76. The molecule has 2 heterocycles. The second-order valence-electron chi connectivity index (χ2n) is 10.3. The lowest BCUT2D eigenvalue weighted by atomic mass is 9.90. The fourth-order valence-corrected chi connectivity index (χ4v) is 7.37. The van der Waals surface area contributed by atoms with Crippen LogP contribution in [0.2, 0.25) is 5.02 Å². The van der Waals surface area contributed by atoms with Gasteiger partial charge in [-0.05, 0) is 60.5 Å². The molecule has 0 amide bonds. The van der Waals surface area contributed by atoms with Crippen molar-refractivity contribution in [2.75, 3.05) is 18.2 Å². The van der Waals surface area contributed by atoms with Gasteiger partial charge in [-0.15, -0.1) is 0 Å². The van der Waals surface area contributed by atoms with Gasteiger partial charge in [-0.2, -0.15) is 0 Å². The van der Waals surface area contributed by atoms with E-state index in [1.807, 2.05) is 43.8 Å². The Morgan fingerprint density at radius 1 is 1.35 bits per heavy atom. The van der Waals surface area contributed by atoms with Crippen LogP contribution in [0.3, 0.4) is 0 Å². The predicted molar refractivity (Wildman–Crippen MR) is 133 cm³/mol. The molecule has 3 aliphatic rings. The van der Waals surface area contributed by atoms with Crippen molar-refractivity contribution in [1.29, 1.82) is 0 Å². The molecule has 0 radical (unpaired) electrons. The number of nitrogens with one attached hydrogen (secondary N) is 1. The first kappa shape index (κ1) is 22.2. The zero-order valence-electron chi connectivity index (χ0n) is 19.7. The molecule has 34 heavy (non-hydrogen) atoms. The Labute approximate surface area is 208 Å². The Bertz CT molecular complexity index is 1310. The van der Waals surface area contributed by atoms with Crippen LogP contribution in [0, 0.1) is 28.6 Å². The van der Waals surface area contributed by atoms with Crippen LogP contribution in [0.25, 0.3) is 11.2 Å². The lowest BCUT2D eigenvalue weighted by Gasteiger charge is -2.22. The third kappa shape index (κ3) is 3.04. The Balaban J connectivity index is 1.37. The van der Waals surface area contributed by atoms with Crippen LogP contribution in [-0.2, 0) is 16.1 Å². The second-order valence-corrected chi connectivity index (χ2v) is 11.5. The molecule has 9 heteroatoms. The van der Waals surface area contributed by atoms with Gasteiger partial charge in [-0.1, -0.05) is 49.3 Å². The minimum atomic E-state index is -0.339. The number of hydrogen-bond donors (Lipinski definition) is 1. The van der Waals surface area contributed by atoms with E-state index in [1.165, 1.54) is 11.8 Å². The Hall–Kier alpha value is -2.32. The van der Waals surface area contributed by atoms with Gasteiger partial charge in [0.2, 0.25) is 0 Å².